The van der Waals surface area contributed by atoms with Gasteiger partial charge in [-0.2, -0.15) is 4.31 Å². The summed E-state index contributed by atoms with van der Waals surface area (Å²) in [7, 11) is -3.74. The Morgan fingerprint density at radius 1 is 1.08 bits per heavy atom. The van der Waals surface area contributed by atoms with Crippen molar-refractivity contribution in [3.8, 4) is 11.5 Å². The van der Waals surface area contributed by atoms with Crippen molar-refractivity contribution >= 4 is 33.2 Å². The van der Waals surface area contributed by atoms with E-state index in [4.69, 9.17) is 16.3 Å². The molecule has 25 heavy (non-hydrogen) atoms. The van der Waals surface area contributed by atoms with Gasteiger partial charge in [-0.25, -0.2) is 8.42 Å². The zero-order valence-corrected chi connectivity index (χ0v) is 14.7. The van der Waals surface area contributed by atoms with Crippen molar-refractivity contribution < 1.29 is 17.9 Å². The van der Waals surface area contributed by atoms with Crippen LogP contribution in [-0.4, -0.2) is 31.7 Å². The molecule has 6 nitrogen and oxygen atoms in total. The van der Waals surface area contributed by atoms with E-state index in [0.717, 1.165) is 12.8 Å². The number of anilines is 1. The largest absolute Gasteiger partial charge is 0.454 e. The predicted molar refractivity (Wildman–Crippen MR) is 93.9 cm³/mol. The van der Waals surface area contributed by atoms with Crippen molar-refractivity contribution in [3.05, 3.63) is 47.0 Å². The van der Waals surface area contributed by atoms with Gasteiger partial charge in [-0.05, 0) is 31.0 Å². The number of hydrogen-bond donors (Lipinski definition) is 1. The van der Waals surface area contributed by atoms with Gasteiger partial charge >= 0.3 is 0 Å². The molecule has 0 bridgehead atoms. The number of carbonyl (C=O) groups is 1. The van der Waals surface area contributed by atoms with E-state index in [9.17, 15) is 13.2 Å². The minimum absolute atomic E-state index is 0.0397. The van der Waals surface area contributed by atoms with Crippen LogP contribution in [-0.2, 0) is 10.0 Å². The molecule has 0 saturated carbocycles. The summed E-state index contributed by atoms with van der Waals surface area (Å²) in [5.41, 5.74) is 0.655. The summed E-state index contributed by atoms with van der Waals surface area (Å²) in [5.74, 6) is 0.267. The second-order valence-electron chi connectivity index (χ2n) is 5.94. The molecular weight excluding hydrogens is 364 g/mol. The van der Waals surface area contributed by atoms with Crippen LogP contribution in [0.2, 0.25) is 5.02 Å². The molecule has 0 atom stereocenters. The zero-order chi connectivity index (χ0) is 17.6. The molecule has 4 rings (SSSR count). The van der Waals surface area contributed by atoms with Crippen LogP contribution in [0.15, 0.2) is 41.3 Å². The summed E-state index contributed by atoms with van der Waals surface area (Å²) in [4.78, 5) is 12.5. The Balaban J connectivity index is 1.82. The molecule has 130 valence electrons. The maximum atomic E-state index is 12.8. The highest BCUT2D eigenvalue weighted by atomic mass is 35.5. The fraction of sp³-hybridized carbons (Fsp3) is 0.235. The molecule has 0 radical (unpaired) electrons. The molecule has 1 amide bonds. The first-order chi connectivity index (χ1) is 12.0. The number of sulfonamides is 1. The molecule has 0 aromatic heterocycles. The van der Waals surface area contributed by atoms with E-state index in [1.54, 1.807) is 24.3 Å². The molecule has 8 heteroatoms. The van der Waals surface area contributed by atoms with Gasteiger partial charge in [0, 0.05) is 19.2 Å². The van der Waals surface area contributed by atoms with E-state index in [1.165, 1.54) is 16.4 Å². The average molecular weight is 379 g/mol. The molecule has 2 aliphatic rings. The Labute approximate surface area is 150 Å². The number of nitrogens with zero attached hydrogens (tertiary/aromatic N) is 1. The van der Waals surface area contributed by atoms with Gasteiger partial charge in [0.1, 0.15) is 10.6 Å². The number of para-hydroxylation sites is 2. The van der Waals surface area contributed by atoms with E-state index in [2.05, 4.69) is 5.32 Å². The minimum Gasteiger partial charge on any atom is -0.454 e. The summed E-state index contributed by atoms with van der Waals surface area (Å²) in [5, 5.41) is 2.77. The summed E-state index contributed by atoms with van der Waals surface area (Å²) >= 11 is 6.23. The molecule has 0 unspecified atom stereocenters. The van der Waals surface area contributed by atoms with Crippen LogP contribution < -0.4 is 10.1 Å². The molecule has 2 aromatic carbocycles. The second-order valence-corrected chi connectivity index (χ2v) is 8.26. The number of amides is 1. The van der Waals surface area contributed by atoms with Crippen LogP contribution in [0.1, 0.15) is 23.2 Å². The zero-order valence-electron chi connectivity index (χ0n) is 13.2. The highest BCUT2D eigenvalue weighted by Gasteiger charge is 2.32. The van der Waals surface area contributed by atoms with Crippen molar-refractivity contribution in [1.29, 1.82) is 0 Å². The van der Waals surface area contributed by atoms with Gasteiger partial charge in [-0.15, -0.1) is 0 Å². The maximum Gasteiger partial charge on any atom is 0.259 e. The number of carbonyl (C=O) groups excluding carboxylic acids is 1. The molecule has 1 saturated heterocycles. The molecule has 1 fully saturated rings. The van der Waals surface area contributed by atoms with Crippen molar-refractivity contribution in [2.24, 2.45) is 0 Å². The third-order valence-electron chi connectivity index (χ3n) is 4.32. The number of benzene rings is 2. The number of rotatable bonds is 2. The first-order valence-electron chi connectivity index (χ1n) is 7.89. The third kappa shape index (κ3) is 2.78. The number of fused-ring (bicyclic) bond motifs is 2. The summed E-state index contributed by atoms with van der Waals surface area (Å²) < 4.78 is 32.8. The summed E-state index contributed by atoms with van der Waals surface area (Å²) in [6.45, 7) is 0.924. The smallest absolute Gasteiger partial charge is 0.259 e. The Morgan fingerprint density at radius 2 is 1.80 bits per heavy atom. The van der Waals surface area contributed by atoms with E-state index in [0.29, 0.717) is 24.5 Å². The van der Waals surface area contributed by atoms with E-state index in [-0.39, 0.29) is 21.2 Å². The highest BCUT2D eigenvalue weighted by molar-refractivity contribution is 7.89. The SMILES string of the molecule is O=C1Nc2ccccc2Oc2cc(Cl)c(S(=O)(=O)N3CCCC3)cc21. The standard InChI is InChI=1S/C17H15ClN2O4S/c18-12-10-15-11(9-16(12)25(22,23)20-7-3-4-8-20)17(21)19-13-5-1-2-6-14(13)24-15/h1-2,5-6,9-10H,3-4,7-8H2,(H,19,21). The number of nitrogens with one attached hydrogen (secondary N) is 1. The van der Waals surface area contributed by atoms with Gasteiger partial charge in [0.2, 0.25) is 10.0 Å². The molecule has 2 aromatic rings. The van der Waals surface area contributed by atoms with Gasteiger partial charge in [-0.3, -0.25) is 4.79 Å². The monoisotopic (exact) mass is 378 g/mol. The Morgan fingerprint density at radius 3 is 2.56 bits per heavy atom. The van der Waals surface area contributed by atoms with Crippen LogP contribution in [0, 0.1) is 0 Å². The van der Waals surface area contributed by atoms with Crippen molar-refractivity contribution in [2.75, 3.05) is 18.4 Å². The van der Waals surface area contributed by atoms with E-state index in [1.807, 2.05) is 0 Å². The minimum atomic E-state index is -3.74. The first-order valence-corrected chi connectivity index (χ1v) is 9.70. The predicted octanol–water partition coefficient (Wildman–Crippen LogP) is 3.48. The third-order valence-corrected chi connectivity index (χ3v) is 6.68. The quantitative estimate of drug-likeness (QED) is 0.868. The Kier molecular flexibility index (Phi) is 3.94. The molecular formula is C17H15ClN2O4S. The number of ether oxygens (including phenoxy) is 1. The van der Waals surface area contributed by atoms with Gasteiger partial charge in [0.05, 0.1) is 16.3 Å². The highest BCUT2D eigenvalue weighted by Crippen LogP contribution is 2.39. The molecule has 2 heterocycles. The first kappa shape index (κ1) is 16.4. The van der Waals surface area contributed by atoms with Crippen LogP contribution in [0.4, 0.5) is 5.69 Å². The van der Waals surface area contributed by atoms with E-state index >= 15 is 0 Å². The van der Waals surface area contributed by atoms with Gasteiger partial charge < -0.3 is 10.1 Å². The molecule has 0 spiro atoms. The van der Waals surface area contributed by atoms with E-state index < -0.39 is 15.9 Å². The molecule has 2 aliphatic heterocycles. The lowest BCUT2D eigenvalue weighted by Crippen LogP contribution is -2.28. The van der Waals surface area contributed by atoms with Crippen LogP contribution >= 0.6 is 11.6 Å². The van der Waals surface area contributed by atoms with Crippen molar-refractivity contribution in [1.82, 2.24) is 4.31 Å². The lowest BCUT2D eigenvalue weighted by Gasteiger charge is -2.17. The van der Waals surface area contributed by atoms with Crippen molar-refractivity contribution in [3.63, 3.8) is 0 Å². The number of hydrogen-bond acceptors (Lipinski definition) is 4. The van der Waals surface area contributed by atoms with Crippen LogP contribution in [0.3, 0.4) is 0 Å². The fourth-order valence-electron chi connectivity index (χ4n) is 3.03. The van der Waals surface area contributed by atoms with Gasteiger partial charge in [0.25, 0.3) is 5.91 Å². The molecule has 1 N–H and O–H groups in total. The normalized spacial score (nSPS) is 17.2. The molecule has 0 aliphatic carbocycles. The average Bonchev–Trinajstić information content (AvgIpc) is 3.07. The van der Waals surface area contributed by atoms with Crippen LogP contribution in [0.25, 0.3) is 0 Å². The van der Waals surface area contributed by atoms with Crippen LogP contribution in [0.5, 0.6) is 11.5 Å². The maximum absolute atomic E-state index is 12.8. The Hall–Kier alpha value is -2.09. The Bertz CT molecular complexity index is 969. The number of halogens is 1. The van der Waals surface area contributed by atoms with Gasteiger partial charge in [-0.1, -0.05) is 23.7 Å². The fourth-order valence-corrected chi connectivity index (χ4v) is 5.06. The van der Waals surface area contributed by atoms with Crippen molar-refractivity contribution in [2.45, 2.75) is 17.7 Å². The lowest BCUT2D eigenvalue weighted by atomic mass is 10.2. The lowest BCUT2D eigenvalue weighted by molar-refractivity contribution is 0.102. The second kappa shape index (κ2) is 6.01. The topological polar surface area (TPSA) is 75.7 Å². The summed E-state index contributed by atoms with van der Waals surface area (Å²) in [6, 6.07) is 9.67. The van der Waals surface area contributed by atoms with Gasteiger partial charge in [0.15, 0.2) is 5.75 Å². The summed E-state index contributed by atoms with van der Waals surface area (Å²) in [6.07, 6.45) is 1.64.